The maximum absolute atomic E-state index is 13.7. The van der Waals surface area contributed by atoms with Crippen molar-refractivity contribution in [1.29, 1.82) is 0 Å². The van der Waals surface area contributed by atoms with Gasteiger partial charge in [0.25, 0.3) is 0 Å². The lowest BCUT2D eigenvalue weighted by Gasteiger charge is -2.39. The number of nitrogens with zero attached hydrogens (tertiary/aromatic N) is 3. The Hall–Kier alpha value is -4.85. The number of anilines is 2. The van der Waals surface area contributed by atoms with E-state index < -0.39 is 0 Å². The summed E-state index contributed by atoms with van der Waals surface area (Å²) in [6, 6.07) is 26.8. The molecule has 0 radical (unpaired) electrons. The number of piperidine rings is 1. The molecule has 8 nitrogen and oxygen atoms in total. The van der Waals surface area contributed by atoms with Crippen molar-refractivity contribution < 1.29 is 9.59 Å². The SMILES string of the molecule is Cc1ccc(-n2nc(C(C)(C)C)cc2NC(=O)Nc2cccc(CC3CC4CCC(C3)N4C(=O)Cc3c(C)[nH]c4ccccc34)c2)cc1. The molecule has 4 heterocycles. The Kier molecular flexibility index (Phi) is 8.36. The molecule has 0 aliphatic carbocycles. The minimum Gasteiger partial charge on any atom is -0.358 e. The first kappa shape index (κ1) is 31.7. The van der Waals surface area contributed by atoms with Crippen LogP contribution >= 0.6 is 0 Å². The summed E-state index contributed by atoms with van der Waals surface area (Å²) in [6.07, 6.45) is 5.59. The standard InChI is InChI=1S/C40H46N6O2/c1-25-13-15-30(16-14-25)46-37(24-36(44-46)40(3,4)5)43-39(48)42-29-10-8-9-27(20-29)19-28-21-31-17-18-32(22-28)45(31)38(47)23-34-26(2)41-35-12-7-6-11-33(34)35/h6-16,20,24,28,31-32,41H,17-19,21-23H2,1-5H3,(H2,42,43,48). The quantitative estimate of drug-likeness (QED) is 0.166. The normalized spacial score (nSPS) is 19.1. The number of hydrogen-bond acceptors (Lipinski definition) is 3. The Morgan fingerprint density at radius 3 is 2.35 bits per heavy atom. The number of urea groups is 1. The first-order valence-electron chi connectivity index (χ1n) is 17.2. The highest BCUT2D eigenvalue weighted by Gasteiger charge is 2.43. The molecule has 5 aromatic rings. The molecule has 2 atom stereocenters. The highest BCUT2D eigenvalue weighted by Crippen LogP contribution is 2.41. The summed E-state index contributed by atoms with van der Waals surface area (Å²) >= 11 is 0. The Morgan fingerprint density at radius 2 is 1.62 bits per heavy atom. The number of H-pyrrole nitrogens is 1. The molecule has 2 fully saturated rings. The highest BCUT2D eigenvalue weighted by molar-refractivity contribution is 5.99. The van der Waals surface area contributed by atoms with Crippen molar-refractivity contribution in [2.75, 3.05) is 10.6 Å². The molecule has 2 saturated heterocycles. The van der Waals surface area contributed by atoms with Crippen LogP contribution in [0.2, 0.25) is 0 Å². The fourth-order valence-corrected chi connectivity index (χ4v) is 7.78. The van der Waals surface area contributed by atoms with Crippen LogP contribution in [0.15, 0.2) is 78.9 Å². The smallest absolute Gasteiger partial charge is 0.324 e. The van der Waals surface area contributed by atoms with Crippen LogP contribution in [0, 0.1) is 19.8 Å². The number of aryl methyl sites for hydroxylation is 2. The summed E-state index contributed by atoms with van der Waals surface area (Å²) < 4.78 is 1.79. The van der Waals surface area contributed by atoms with Crippen LogP contribution in [0.3, 0.4) is 0 Å². The lowest BCUT2D eigenvalue weighted by atomic mass is 9.85. The van der Waals surface area contributed by atoms with Gasteiger partial charge in [-0.15, -0.1) is 0 Å². The number of para-hydroxylation sites is 1. The van der Waals surface area contributed by atoms with Gasteiger partial charge >= 0.3 is 6.03 Å². The Morgan fingerprint density at radius 1 is 0.896 bits per heavy atom. The molecule has 2 bridgehead atoms. The molecule has 48 heavy (non-hydrogen) atoms. The number of benzene rings is 3. The van der Waals surface area contributed by atoms with Crippen LogP contribution in [-0.4, -0.2) is 43.7 Å². The van der Waals surface area contributed by atoms with E-state index in [0.29, 0.717) is 30.2 Å². The summed E-state index contributed by atoms with van der Waals surface area (Å²) in [6.45, 7) is 10.5. The van der Waals surface area contributed by atoms with E-state index in [1.807, 2.05) is 54.6 Å². The third kappa shape index (κ3) is 6.48. The summed E-state index contributed by atoms with van der Waals surface area (Å²) in [5, 5.41) is 12.1. The second-order valence-electron chi connectivity index (χ2n) is 14.9. The van der Waals surface area contributed by atoms with Gasteiger partial charge < -0.3 is 15.2 Å². The van der Waals surface area contributed by atoms with Gasteiger partial charge in [0.1, 0.15) is 5.82 Å². The molecule has 2 aromatic heterocycles. The average Bonchev–Trinajstić information content (AvgIpc) is 3.69. The Balaban J connectivity index is 0.991. The third-order valence-corrected chi connectivity index (χ3v) is 10.2. The van der Waals surface area contributed by atoms with Crippen molar-refractivity contribution in [3.05, 3.63) is 107 Å². The second kappa shape index (κ2) is 12.6. The first-order chi connectivity index (χ1) is 23.0. The summed E-state index contributed by atoms with van der Waals surface area (Å²) in [5.74, 6) is 1.38. The summed E-state index contributed by atoms with van der Waals surface area (Å²) in [5.41, 5.74) is 8.04. The van der Waals surface area contributed by atoms with Crippen molar-refractivity contribution in [2.45, 2.75) is 90.6 Å². The van der Waals surface area contributed by atoms with Crippen LogP contribution in [-0.2, 0) is 23.1 Å². The van der Waals surface area contributed by atoms with Gasteiger partial charge in [0, 0.05) is 45.8 Å². The number of fused-ring (bicyclic) bond motifs is 3. The van der Waals surface area contributed by atoms with E-state index in [-0.39, 0.29) is 17.4 Å². The molecular formula is C40H46N6O2. The van der Waals surface area contributed by atoms with Gasteiger partial charge in [-0.05, 0) is 93.3 Å². The van der Waals surface area contributed by atoms with Crippen molar-refractivity contribution in [3.8, 4) is 5.69 Å². The number of hydrogen-bond donors (Lipinski definition) is 3. The van der Waals surface area contributed by atoms with Crippen molar-refractivity contribution in [2.24, 2.45) is 5.92 Å². The zero-order chi connectivity index (χ0) is 33.6. The van der Waals surface area contributed by atoms with E-state index in [2.05, 4.69) is 79.4 Å². The third-order valence-electron chi connectivity index (χ3n) is 10.2. The predicted octanol–water partition coefficient (Wildman–Crippen LogP) is 8.47. The van der Waals surface area contributed by atoms with Gasteiger partial charge in [-0.2, -0.15) is 5.10 Å². The van der Waals surface area contributed by atoms with E-state index >= 15 is 0 Å². The molecule has 8 heteroatoms. The van der Waals surface area contributed by atoms with E-state index in [9.17, 15) is 9.59 Å². The molecular weight excluding hydrogens is 596 g/mol. The number of aromatic nitrogens is 3. The monoisotopic (exact) mass is 642 g/mol. The van der Waals surface area contributed by atoms with Gasteiger partial charge in [0.15, 0.2) is 0 Å². The van der Waals surface area contributed by atoms with Gasteiger partial charge in [-0.1, -0.05) is 68.8 Å². The van der Waals surface area contributed by atoms with Crippen molar-refractivity contribution in [3.63, 3.8) is 0 Å². The van der Waals surface area contributed by atoms with Crippen molar-refractivity contribution in [1.82, 2.24) is 19.7 Å². The number of carbonyl (C=O) groups is 2. The zero-order valence-corrected chi connectivity index (χ0v) is 28.6. The molecule has 2 aliphatic heterocycles. The molecule has 7 rings (SSSR count). The molecule has 2 unspecified atom stereocenters. The summed E-state index contributed by atoms with van der Waals surface area (Å²) in [4.78, 5) is 32.6. The number of nitrogens with one attached hydrogen (secondary N) is 3. The zero-order valence-electron chi connectivity index (χ0n) is 28.6. The maximum Gasteiger partial charge on any atom is 0.324 e. The lowest BCUT2D eigenvalue weighted by molar-refractivity contribution is -0.135. The topological polar surface area (TPSA) is 95.1 Å². The van der Waals surface area contributed by atoms with E-state index in [1.165, 1.54) is 5.56 Å². The van der Waals surface area contributed by atoms with Crippen LogP contribution < -0.4 is 10.6 Å². The average molecular weight is 643 g/mol. The minimum atomic E-state index is -0.309. The first-order valence-corrected chi connectivity index (χ1v) is 17.2. The van der Waals surface area contributed by atoms with Gasteiger partial charge in [-0.25, -0.2) is 9.48 Å². The van der Waals surface area contributed by atoms with Crippen LogP contribution in [0.5, 0.6) is 0 Å². The maximum atomic E-state index is 13.7. The Labute approximate surface area is 282 Å². The minimum absolute atomic E-state index is 0.170. The van der Waals surface area contributed by atoms with Crippen LogP contribution in [0.25, 0.3) is 16.6 Å². The molecule has 0 saturated carbocycles. The molecule has 3 amide bonds. The number of carbonyl (C=O) groups excluding carboxylic acids is 2. The number of rotatable bonds is 7. The lowest BCUT2D eigenvalue weighted by Crippen LogP contribution is -2.47. The second-order valence-corrected chi connectivity index (χ2v) is 14.9. The number of amides is 3. The molecule has 3 aromatic carbocycles. The largest absolute Gasteiger partial charge is 0.358 e. The highest BCUT2D eigenvalue weighted by atomic mass is 16.2. The van der Waals surface area contributed by atoms with E-state index in [1.54, 1.807) is 4.68 Å². The molecule has 248 valence electrons. The molecule has 2 aliphatic rings. The predicted molar refractivity (Wildman–Crippen MR) is 193 cm³/mol. The molecule has 0 spiro atoms. The van der Waals surface area contributed by atoms with E-state index in [0.717, 1.165) is 76.9 Å². The fourth-order valence-electron chi connectivity index (χ4n) is 7.78. The fraction of sp³-hybridized carbons (Fsp3) is 0.375. The van der Waals surface area contributed by atoms with Crippen molar-refractivity contribution >= 4 is 34.3 Å². The van der Waals surface area contributed by atoms with Crippen LogP contribution in [0.1, 0.15) is 74.5 Å². The van der Waals surface area contributed by atoms with E-state index in [4.69, 9.17) is 5.10 Å². The summed E-state index contributed by atoms with van der Waals surface area (Å²) in [7, 11) is 0. The van der Waals surface area contributed by atoms with Crippen LogP contribution in [0.4, 0.5) is 16.3 Å². The van der Waals surface area contributed by atoms with Gasteiger partial charge in [-0.3, -0.25) is 10.1 Å². The van der Waals surface area contributed by atoms with Gasteiger partial charge in [0.05, 0.1) is 17.8 Å². The Bertz CT molecular complexity index is 1950. The number of aromatic amines is 1. The van der Waals surface area contributed by atoms with Gasteiger partial charge in [0.2, 0.25) is 5.91 Å². The molecule has 3 N–H and O–H groups in total.